The summed E-state index contributed by atoms with van der Waals surface area (Å²) in [6.45, 7) is 5.96. The van der Waals surface area contributed by atoms with Crippen LogP contribution in [0, 0.1) is 0 Å². The zero-order valence-corrected chi connectivity index (χ0v) is 8.03. The van der Waals surface area contributed by atoms with Gasteiger partial charge in [0.05, 0.1) is 0 Å². The largest absolute Gasteiger partial charge is 0.0990 e. The van der Waals surface area contributed by atoms with E-state index >= 15 is 0 Å². The fourth-order valence-electron chi connectivity index (χ4n) is 0.933. The molecule has 1 unspecified atom stereocenters. The summed E-state index contributed by atoms with van der Waals surface area (Å²) in [5.41, 5.74) is 0. The fourth-order valence-corrected chi connectivity index (χ4v) is 1.59. The van der Waals surface area contributed by atoms with Gasteiger partial charge in [-0.2, -0.15) is 0 Å². The maximum Gasteiger partial charge on any atom is -0.0319 e. The van der Waals surface area contributed by atoms with Crippen LogP contribution in [0.25, 0.3) is 0 Å². The molecule has 0 aliphatic heterocycles. The molecule has 0 aromatic rings. The van der Waals surface area contributed by atoms with Gasteiger partial charge in [0.25, 0.3) is 0 Å². The van der Waals surface area contributed by atoms with Crippen molar-refractivity contribution < 1.29 is 0 Å². The lowest BCUT2D eigenvalue weighted by Gasteiger charge is -1.96. The highest BCUT2D eigenvalue weighted by atomic mass is 31.1. The molecule has 1 heteroatoms. The van der Waals surface area contributed by atoms with Crippen LogP contribution in [-0.4, -0.2) is 6.16 Å². The van der Waals surface area contributed by atoms with Crippen LogP contribution in [0.4, 0.5) is 0 Å². The smallest absolute Gasteiger partial charge is 0.0319 e. The van der Waals surface area contributed by atoms with Gasteiger partial charge in [-0.3, -0.25) is 0 Å². The quantitative estimate of drug-likeness (QED) is 0.390. The van der Waals surface area contributed by atoms with Crippen molar-refractivity contribution in [3.05, 3.63) is 12.4 Å². The molecule has 0 spiro atoms. The first-order valence-corrected chi connectivity index (χ1v) is 5.54. The van der Waals surface area contributed by atoms with E-state index in [1.165, 1.54) is 38.3 Å². The number of unbranched alkanes of at least 4 members (excludes halogenated alkanes) is 4. The summed E-state index contributed by atoms with van der Waals surface area (Å²) in [7, 11) is 0.991. The summed E-state index contributed by atoms with van der Waals surface area (Å²) in [5, 5.41) is 0. The Kier molecular flexibility index (Phi) is 9.33. The van der Waals surface area contributed by atoms with Crippen LogP contribution in [-0.2, 0) is 0 Å². The predicted molar refractivity (Wildman–Crippen MR) is 52.1 cm³/mol. The van der Waals surface area contributed by atoms with Crippen molar-refractivity contribution in [1.82, 2.24) is 0 Å². The van der Waals surface area contributed by atoms with Crippen molar-refractivity contribution in [2.24, 2.45) is 0 Å². The van der Waals surface area contributed by atoms with E-state index in [4.69, 9.17) is 0 Å². The normalized spacial score (nSPS) is 10.9. The molecule has 0 aromatic carbocycles. The van der Waals surface area contributed by atoms with Crippen LogP contribution in [0.1, 0.15) is 39.0 Å². The Morgan fingerprint density at radius 3 is 2.50 bits per heavy atom. The molecule has 0 amide bonds. The van der Waals surface area contributed by atoms with Gasteiger partial charge in [0.2, 0.25) is 0 Å². The number of hydrogen-bond acceptors (Lipinski definition) is 0. The molecule has 0 aromatic heterocycles. The fraction of sp³-hybridized carbons (Fsp3) is 0.778. The molecule has 0 aliphatic carbocycles. The van der Waals surface area contributed by atoms with Gasteiger partial charge in [-0.25, -0.2) is 0 Å². The van der Waals surface area contributed by atoms with Crippen LogP contribution >= 0.6 is 8.58 Å². The summed E-state index contributed by atoms with van der Waals surface area (Å²) >= 11 is 0. The van der Waals surface area contributed by atoms with Crippen LogP contribution in [0.3, 0.4) is 0 Å². The highest BCUT2D eigenvalue weighted by Crippen LogP contribution is 2.14. The molecule has 0 N–H and O–H groups in total. The maximum atomic E-state index is 3.71. The first-order valence-electron chi connectivity index (χ1n) is 4.26. The van der Waals surface area contributed by atoms with Gasteiger partial charge in [0.1, 0.15) is 0 Å². The monoisotopic (exact) mass is 158 g/mol. The zero-order valence-electron chi connectivity index (χ0n) is 7.03. The second-order valence-electron chi connectivity index (χ2n) is 2.57. The Labute approximate surface area is 66.9 Å². The molecule has 0 saturated carbocycles. The van der Waals surface area contributed by atoms with E-state index < -0.39 is 0 Å². The standard InChI is InChI=1S/C9H19P/c1-3-5-6-7-8-9-10-4-2/h4,10H,2-3,5-9H2,1H3. The van der Waals surface area contributed by atoms with Crippen molar-refractivity contribution in [3.63, 3.8) is 0 Å². The highest BCUT2D eigenvalue weighted by Gasteiger charge is 1.86. The Morgan fingerprint density at radius 1 is 1.20 bits per heavy atom. The van der Waals surface area contributed by atoms with Crippen LogP contribution in [0.2, 0.25) is 0 Å². The third kappa shape index (κ3) is 8.17. The number of hydrogen-bond donors (Lipinski definition) is 0. The van der Waals surface area contributed by atoms with Gasteiger partial charge < -0.3 is 0 Å². The Morgan fingerprint density at radius 2 is 1.90 bits per heavy atom. The highest BCUT2D eigenvalue weighted by molar-refractivity contribution is 7.41. The van der Waals surface area contributed by atoms with Crippen molar-refractivity contribution in [2.45, 2.75) is 39.0 Å². The molecule has 0 fully saturated rings. The minimum Gasteiger partial charge on any atom is -0.0990 e. The second kappa shape index (κ2) is 9.17. The van der Waals surface area contributed by atoms with Crippen molar-refractivity contribution in [2.75, 3.05) is 6.16 Å². The van der Waals surface area contributed by atoms with Crippen molar-refractivity contribution in [3.8, 4) is 0 Å². The average molecular weight is 158 g/mol. The molecule has 0 rings (SSSR count). The molecule has 0 saturated heterocycles. The molecule has 0 aliphatic rings. The molecule has 0 bridgehead atoms. The van der Waals surface area contributed by atoms with E-state index in [-0.39, 0.29) is 0 Å². The molecule has 0 heterocycles. The Hall–Kier alpha value is 0.170. The minimum atomic E-state index is 0.991. The lowest BCUT2D eigenvalue weighted by atomic mass is 10.2. The summed E-state index contributed by atoms with van der Waals surface area (Å²) in [6.07, 6.45) is 8.39. The van der Waals surface area contributed by atoms with Crippen molar-refractivity contribution in [1.29, 1.82) is 0 Å². The number of rotatable bonds is 7. The van der Waals surface area contributed by atoms with Gasteiger partial charge in [-0.1, -0.05) is 53.6 Å². The van der Waals surface area contributed by atoms with E-state index in [0.29, 0.717) is 0 Å². The van der Waals surface area contributed by atoms with Crippen LogP contribution in [0.5, 0.6) is 0 Å². The minimum absolute atomic E-state index is 0.991. The zero-order chi connectivity index (χ0) is 7.66. The Balaban J connectivity index is 2.70. The summed E-state index contributed by atoms with van der Waals surface area (Å²) < 4.78 is 0. The van der Waals surface area contributed by atoms with Gasteiger partial charge in [-0.15, -0.1) is 0 Å². The van der Waals surface area contributed by atoms with Gasteiger partial charge in [-0.05, 0) is 12.6 Å². The van der Waals surface area contributed by atoms with Gasteiger partial charge >= 0.3 is 0 Å². The molecular weight excluding hydrogens is 139 g/mol. The third-order valence-electron chi connectivity index (χ3n) is 1.57. The van der Waals surface area contributed by atoms with E-state index in [1.54, 1.807) is 0 Å². The summed E-state index contributed by atoms with van der Waals surface area (Å²) in [5.74, 6) is 2.04. The lowest BCUT2D eigenvalue weighted by Crippen LogP contribution is -1.78. The predicted octanol–water partition coefficient (Wildman–Crippen LogP) is 3.78. The van der Waals surface area contributed by atoms with Gasteiger partial charge in [0.15, 0.2) is 0 Å². The van der Waals surface area contributed by atoms with E-state index in [9.17, 15) is 0 Å². The lowest BCUT2D eigenvalue weighted by molar-refractivity contribution is 0.659. The van der Waals surface area contributed by atoms with E-state index in [2.05, 4.69) is 13.5 Å². The average Bonchev–Trinajstić information content (AvgIpc) is 1.97. The maximum absolute atomic E-state index is 3.71. The summed E-state index contributed by atoms with van der Waals surface area (Å²) in [6, 6.07) is 0. The molecule has 0 radical (unpaired) electrons. The SMILES string of the molecule is C=CPCCCCCCC. The molecule has 0 nitrogen and oxygen atoms in total. The topological polar surface area (TPSA) is 0 Å². The van der Waals surface area contributed by atoms with E-state index in [1.807, 2.05) is 5.82 Å². The van der Waals surface area contributed by atoms with E-state index in [0.717, 1.165) is 8.58 Å². The molecule has 1 atom stereocenters. The second-order valence-corrected chi connectivity index (χ2v) is 3.89. The first kappa shape index (κ1) is 10.2. The Bertz CT molecular complexity index is 69.1. The van der Waals surface area contributed by atoms with Crippen LogP contribution < -0.4 is 0 Å². The van der Waals surface area contributed by atoms with Gasteiger partial charge in [0, 0.05) is 0 Å². The van der Waals surface area contributed by atoms with Crippen LogP contribution in [0.15, 0.2) is 12.4 Å². The molecular formula is C9H19P. The molecule has 10 heavy (non-hydrogen) atoms. The van der Waals surface area contributed by atoms with Crippen molar-refractivity contribution >= 4 is 8.58 Å². The molecule has 60 valence electrons. The third-order valence-corrected chi connectivity index (χ3v) is 2.50. The summed E-state index contributed by atoms with van der Waals surface area (Å²) in [4.78, 5) is 0. The first-order chi connectivity index (χ1) is 4.91.